The number of halogens is 1. The molecular formula is C15H15FN2O. The van der Waals surface area contributed by atoms with Crippen LogP contribution in [0.4, 0.5) is 4.39 Å². The average Bonchev–Trinajstić information content (AvgIpc) is 2.37. The Labute approximate surface area is 111 Å². The van der Waals surface area contributed by atoms with E-state index in [4.69, 9.17) is 0 Å². The Morgan fingerprint density at radius 2 is 2.16 bits per heavy atom. The molecule has 1 aromatic carbocycles. The van der Waals surface area contributed by atoms with Gasteiger partial charge < -0.3 is 5.32 Å². The number of carbonyl (C=O) groups excluding carboxylic acids is 1. The van der Waals surface area contributed by atoms with Crippen molar-refractivity contribution in [3.8, 4) is 0 Å². The Hall–Kier alpha value is -2.23. The minimum Gasteiger partial charge on any atom is -0.349 e. The molecule has 3 nitrogen and oxygen atoms in total. The largest absolute Gasteiger partial charge is 0.349 e. The Morgan fingerprint density at radius 3 is 2.89 bits per heavy atom. The van der Waals surface area contributed by atoms with Crippen molar-refractivity contribution in [1.29, 1.82) is 0 Å². The number of allylic oxidation sites excluding steroid dienone is 1. The summed E-state index contributed by atoms with van der Waals surface area (Å²) < 4.78 is 13.3. The Kier molecular flexibility index (Phi) is 3.90. The van der Waals surface area contributed by atoms with E-state index in [9.17, 15) is 9.18 Å². The highest BCUT2D eigenvalue weighted by atomic mass is 19.1. The van der Waals surface area contributed by atoms with Crippen molar-refractivity contribution >= 4 is 16.8 Å². The zero-order valence-corrected chi connectivity index (χ0v) is 10.9. The molecule has 0 saturated heterocycles. The van der Waals surface area contributed by atoms with Gasteiger partial charge in [0.2, 0.25) is 0 Å². The van der Waals surface area contributed by atoms with E-state index in [1.807, 2.05) is 19.9 Å². The van der Waals surface area contributed by atoms with Gasteiger partial charge in [0.25, 0.3) is 5.91 Å². The van der Waals surface area contributed by atoms with Crippen molar-refractivity contribution < 1.29 is 9.18 Å². The molecule has 0 aliphatic heterocycles. The van der Waals surface area contributed by atoms with Crippen LogP contribution in [0.15, 0.2) is 42.1 Å². The molecule has 2 aromatic rings. The number of carbonyl (C=O) groups is 1. The lowest BCUT2D eigenvalue weighted by Gasteiger charge is -2.06. The number of rotatable bonds is 3. The highest BCUT2D eigenvalue weighted by Gasteiger charge is 2.10. The van der Waals surface area contributed by atoms with Gasteiger partial charge >= 0.3 is 0 Å². The van der Waals surface area contributed by atoms with E-state index in [1.54, 1.807) is 18.3 Å². The van der Waals surface area contributed by atoms with Crippen LogP contribution in [0, 0.1) is 5.82 Å². The van der Waals surface area contributed by atoms with E-state index in [-0.39, 0.29) is 11.7 Å². The third-order valence-corrected chi connectivity index (χ3v) is 2.72. The Balaban J connectivity index is 2.31. The van der Waals surface area contributed by atoms with E-state index < -0.39 is 0 Å². The summed E-state index contributed by atoms with van der Waals surface area (Å²) in [5.74, 6) is -0.602. The van der Waals surface area contributed by atoms with E-state index in [1.165, 1.54) is 12.1 Å². The molecule has 0 spiro atoms. The van der Waals surface area contributed by atoms with E-state index >= 15 is 0 Å². The zero-order chi connectivity index (χ0) is 13.8. The summed E-state index contributed by atoms with van der Waals surface area (Å²) in [5, 5.41) is 3.30. The molecular weight excluding hydrogens is 243 g/mol. The maximum Gasteiger partial charge on any atom is 0.252 e. The van der Waals surface area contributed by atoms with Gasteiger partial charge in [-0.15, -0.1) is 0 Å². The fourth-order valence-electron chi connectivity index (χ4n) is 1.76. The Bertz CT molecular complexity index is 646. The van der Waals surface area contributed by atoms with Crippen LogP contribution in [0.3, 0.4) is 0 Å². The van der Waals surface area contributed by atoms with Crippen molar-refractivity contribution in [3.63, 3.8) is 0 Å². The second kappa shape index (κ2) is 5.61. The number of hydrogen-bond acceptors (Lipinski definition) is 2. The number of benzene rings is 1. The number of pyridine rings is 1. The molecule has 0 aliphatic rings. The number of amides is 1. The summed E-state index contributed by atoms with van der Waals surface area (Å²) >= 11 is 0. The predicted octanol–water partition coefficient (Wildman–Crippen LogP) is 3.07. The summed E-state index contributed by atoms with van der Waals surface area (Å²) in [4.78, 5) is 16.2. The molecule has 0 unspecified atom stereocenters. The zero-order valence-electron chi connectivity index (χ0n) is 10.9. The van der Waals surface area contributed by atoms with Gasteiger partial charge in [-0.3, -0.25) is 9.78 Å². The molecule has 19 heavy (non-hydrogen) atoms. The highest BCUT2D eigenvalue weighted by Crippen LogP contribution is 2.17. The van der Waals surface area contributed by atoms with Crippen LogP contribution in [0.2, 0.25) is 0 Å². The Morgan fingerprint density at radius 1 is 1.37 bits per heavy atom. The van der Waals surface area contributed by atoms with Crippen LogP contribution < -0.4 is 5.32 Å². The standard InChI is InChI=1S/C15H15FN2O/c1-10(2)5-7-18-15(19)12-6-8-17-14-4-3-11(16)9-13(12)14/h3-6,8-9H,7H2,1-2H3,(H,18,19). The molecule has 1 heterocycles. The molecule has 4 heteroatoms. The molecule has 0 fully saturated rings. The van der Waals surface area contributed by atoms with Gasteiger partial charge in [-0.25, -0.2) is 4.39 Å². The van der Waals surface area contributed by atoms with E-state index in [2.05, 4.69) is 10.3 Å². The van der Waals surface area contributed by atoms with Crippen LogP contribution in [0.5, 0.6) is 0 Å². The number of nitrogens with one attached hydrogen (secondary N) is 1. The molecule has 0 saturated carbocycles. The third-order valence-electron chi connectivity index (χ3n) is 2.72. The van der Waals surface area contributed by atoms with Crippen LogP contribution in [0.1, 0.15) is 24.2 Å². The number of aromatic nitrogens is 1. The average molecular weight is 258 g/mol. The quantitative estimate of drug-likeness (QED) is 0.860. The van der Waals surface area contributed by atoms with Crippen molar-refractivity contribution in [3.05, 3.63) is 53.5 Å². The maximum atomic E-state index is 13.3. The molecule has 0 aliphatic carbocycles. The fraction of sp³-hybridized carbons (Fsp3) is 0.200. The smallest absolute Gasteiger partial charge is 0.252 e. The van der Waals surface area contributed by atoms with Gasteiger partial charge in [0, 0.05) is 18.1 Å². The molecule has 0 atom stereocenters. The van der Waals surface area contributed by atoms with Crippen molar-refractivity contribution in [2.45, 2.75) is 13.8 Å². The number of fused-ring (bicyclic) bond motifs is 1. The van der Waals surface area contributed by atoms with Gasteiger partial charge in [-0.1, -0.05) is 11.6 Å². The lowest BCUT2D eigenvalue weighted by Crippen LogP contribution is -2.23. The first-order valence-corrected chi connectivity index (χ1v) is 6.04. The van der Waals surface area contributed by atoms with Gasteiger partial charge in [-0.05, 0) is 38.1 Å². The molecule has 2 rings (SSSR count). The van der Waals surface area contributed by atoms with Crippen LogP contribution in [0.25, 0.3) is 10.9 Å². The summed E-state index contributed by atoms with van der Waals surface area (Å²) in [6.45, 7) is 4.38. The summed E-state index contributed by atoms with van der Waals surface area (Å²) in [7, 11) is 0. The van der Waals surface area contributed by atoms with Gasteiger partial charge in [0.05, 0.1) is 11.1 Å². The van der Waals surface area contributed by atoms with Crippen molar-refractivity contribution in [1.82, 2.24) is 10.3 Å². The first kappa shape index (κ1) is 13.2. The molecule has 1 aromatic heterocycles. The van der Waals surface area contributed by atoms with Gasteiger partial charge in [-0.2, -0.15) is 0 Å². The van der Waals surface area contributed by atoms with Crippen LogP contribution >= 0.6 is 0 Å². The topological polar surface area (TPSA) is 42.0 Å². The number of hydrogen-bond donors (Lipinski definition) is 1. The minimum absolute atomic E-state index is 0.226. The van der Waals surface area contributed by atoms with E-state index in [0.717, 1.165) is 5.57 Å². The van der Waals surface area contributed by atoms with Crippen LogP contribution in [-0.2, 0) is 0 Å². The lowest BCUT2D eigenvalue weighted by molar-refractivity contribution is 0.0959. The third kappa shape index (κ3) is 3.16. The molecule has 98 valence electrons. The highest BCUT2D eigenvalue weighted by molar-refractivity contribution is 6.06. The van der Waals surface area contributed by atoms with Gasteiger partial charge in [0.1, 0.15) is 5.82 Å². The summed E-state index contributed by atoms with van der Waals surface area (Å²) in [6, 6.07) is 5.83. The monoisotopic (exact) mass is 258 g/mol. The lowest BCUT2D eigenvalue weighted by atomic mass is 10.1. The first-order chi connectivity index (χ1) is 9.08. The second-order valence-electron chi connectivity index (χ2n) is 4.51. The van der Waals surface area contributed by atoms with Crippen LogP contribution in [-0.4, -0.2) is 17.4 Å². The molecule has 1 N–H and O–H groups in total. The van der Waals surface area contributed by atoms with Crippen molar-refractivity contribution in [2.75, 3.05) is 6.54 Å². The predicted molar refractivity (Wildman–Crippen MR) is 73.5 cm³/mol. The van der Waals surface area contributed by atoms with Crippen molar-refractivity contribution in [2.24, 2.45) is 0 Å². The first-order valence-electron chi connectivity index (χ1n) is 6.04. The molecule has 0 bridgehead atoms. The maximum absolute atomic E-state index is 13.3. The summed E-state index contributed by atoms with van der Waals surface area (Å²) in [6.07, 6.45) is 3.47. The minimum atomic E-state index is -0.376. The summed E-state index contributed by atoms with van der Waals surface area (Å²) in [5.41, 5.74) is 2.17. The van der Waals surface area contributed by atoms with E-state index in [0.29, 0.717) is 23.0 Å². The fourth-order valence-corrected chi connectivity index (χ4v) is 1.76. The number of nitrogens with zero attached hydrogens (tertiary/aromatic N) is 1. The van der Waals surface area contributed by atoms with Gasteiger partial charge in [0.15, 0.2) is 0 Å². The second-order valence-corrected chi connectivity index (χ2v) is 4.51. The SMILES string of the molecule is CC(C)=CCNC(=O)c1ccnc2ccc(F)cc12. The normalized spacial score (nSPS) is 10.3. The molecule has 0 radical (unpaired) electrons. The molecule has 1 amide bonds.